The van der Waals surface area contributed by atoms with Crippen molar-refractivity contribution >= 4 is 34.7 Å². The number of carbonyl (C=O) groups is 2. The first-order chi connectivity index (χ1) is 21.9. The Morgan fingerprint density at radius 2 is 1.36 bits per heavy atom. The van der Waals surface area contributed by atoms with Crippen molar-refractivity contribution in [2.75, 3.05) is 67.9 Å². The number of nitrogens with zero attached hydrogens (tertiary/aromatic N) is 2. The lowest BCUT2D eigenvalue weighted by atomic mass is 10.1. The molecule has 1 unspecified atom stereocenters. The fourth-order valence-electron chi connectivity index (χ4n) is 5.44. The number of rotatable bonds is 10. The van der Waals surface area contributed by atoms with Crippen LogP contribution < -0.4 is 40.0 Å². The van der Waals surface area contributed by atoms with Crippen LogP contribution in [0.2, 0.25) is 0 Å². The minimum Gasteiger partial charge on any atom is -0.497 e. The van der Waals surface area contributed by atoms with Crippen LogP contribution in [-0.2, 0) is 0 Å². The van der Waals surface area contributed by atoms with Crippen molar-refractivity contribution in [2.24, 2.45) is 0 Å². The van der Waals surface area contributed by atoms with E-state index in [9.17, 15) is 9.59 Å². The third-order valence-corrected chi connectivity index (χ3v) is 7.85. The van der Waals surface area contributed by atoms with E-state index in [1.54, 1.807) is 38.5 Å². The summed E-state index contributed by atoms with van der Waals surface area (Å²) in [7, 11) is 4.76. The maximum absolute atomic E-state index is 13.8. The van der Waals surface area contributed by atoms with Crippen molar-refractivity contribution in [1.29, 1.82) is 0 Å². The molecule has 45 heavy (non-hydrogen) atoms. The molecule has 5 rings (SSSR count). The van der Waals surface area contributed by atoms with Crippen LogP contribution in [0, 0.1) is 0 Å². The van der Waals surface area contributed by atoms with Crippen molar-refractivity contribution in [1.82, 2.24) is 5.32 Å². The van der Waals surface area contributed by atoms with Crippen LogP contribution in [0.15, 0.2) is 91.0 Å². The molecule has 1 aliphatic heterocycles. The van der Waals surface area contributed by atoms with Crippen molar-refractivity contribution in [2.45, 2.75) is 13.0 Å². The van der Waals surface area contributed by atoms with Gasteiger partial charge in [-0.3, -0.25) is 4.79 Å². The van der Waals surface area contributed by atoms with E-state index in [0.717, 1.165) is 35.8 Å². The molecule has 10 nitrogen and oxygen atoms in total. The van der Waals surface area contributed by atoms with Gasteiger partial charge in [0.25, 0.3) is 5.91 Å². The third-order valence-electron chi connectivity index (χ3n) is 7.85. The molecule has 0 aliphatic carbocycles. The van der Waals surface area contributed by atoms with Gasteiger partial charge in [-0.05, 0) is 55.0 Å². The molecule has 4 aromatic rings. The second-order valence-electron chi connectivity index (χ2n) is 10.6. The molecule has 0 bridgehead atoms. The van der Waals surface area contributed by atoms with Gasteiger partial charge in [0.2, 0.25) is 0 Å². The molecule has 3 N–H and O–H groups in total. The molecule has 10 heteroatoms. The van der Waals surface area contributed by atoms with Crippen LogP contribution in [0.1, 0.15) is 28.9 Å². The summed E-state index contributed by atoms with van der Waals surface area (Å²) >= 11 is 0. The molecule has 1 atom stereocenters. The van der Waals surface area contributed by atoms with Crippen LogP contribution in [0.5, 0.6) is 17.2 Å². The lowest BCUT2D eigenvalue weighted by molar-refractivity contribution is 0.0940. The van der Waals surface area contributed by atoms with Gasteiger partial charge >= 0.3 is 6.03 Å². The highest BCUT2D eigenvalue weighted by molar-refractivity contribution is 6.04. The van der Waals surface area contributed by atoms with Crippen molar-refractivity contribution in [3.05, 3.63) is 102 Å². The number of ether oxygens (including phenoxy) is 3. The molecule has 234 valence electrons. The Bertz CT molecular complexity index is 1620. The number of amides is 3. The Balaban J connectivity index is 1.36. The number of anilines is 4. The van der Waals surface area contributed by atoms with Gasteiger partial charge in [-0.15, -0.1) is 0 Å². The molecule has 1 fully saturated rings. The van der Waals surface area contributed by atoms with Crippen LogP contribution in [0.25, 0.3) is 0 Å². The van der Waals surface area contributed by atoms with E-state index in [1.165, 1.54) is 7.11 Å². The van der Waals surface area contributed by atoms with Gasteiger partial charge in [-0.2, -0.15) is 0 Å². The normalized spacial score (nSPS) is 13.4. The van der Waals surface area contributed by atoms with E-state index in [2.05, 4.69) is 31.8 Å². The average molecular weight is 610 g/mol. The van der Waals surface area contributed by atoms with Crippen LogP contribution in [-0.4, -0.2) is 59.4 Å². The molecule has 3 amide bonds. The Morgan fingerprint density at radius 1 is 0.689 bits per heavy atom. The Hall–Kier alpha value is -5.38. The summed E-state index contributed by atoms with van der Waals surface area (Å²) < 4.78 is 16.2. The van der Waals surface area contributed by atoms with Crippen molar-refractivity contribution in [3.8, 4) is 17.2 Å². The molecule has 0 radical (unpaired) electrons. The largest absolute Gasteiger partial charge is 0.497 e. The Morgan fingerprint density at radius 3 is 2.04 bits per heavy atom. The van der Waals surface area contributed by atoms with E-state index in [-0.39, 0.29) is 11.9 Å². The van der Waals surface area contributed by atoms with Crippen LogP contribution in [0.3, 0.4) is 0 Å². The van der Waals surface area contributed by atoms with Crippen molar-refractivity contribution < 1.29 is 23.8 Å². The number of piperazine rings is 1. The monoisotopic (exact) mass is 609 g/mol. The predicted molar refractivity (Wildman–Crippen MR) is 178 cm³/mol. The van der Waals surface area contributed by atoms with Crippen LogP contribution in [0.4, 0.5) is 27.5 Å². The molecule has 1 heterocycles. The zero-order chi connectivity index (χ0) is 31.8. The quantitative estimate of drug-likeness (QED) is 0.197. The summed E-state index contributed by atoms with van der Waals surface area (Å²) in [5, 5.41) is 8.82. The number of carbonyl (C=O) groups excluding carboxylic acids is 2. The Kier molecular flexibility index (Phi) is 9.93. The van der Waals surface area contributed by atoms with E-state index in [4.69, 9.17) is 14.2 Å². The zero-order valence-electron chi connectivity index (χ0n) is 26.0. The fourth-order valence-corrected chi connectivity index (χ4v) is 5.44. The first-order valence-corrected chi connectivity index (χ1v) is 14.8. The highest BCUT2D eigenvalue weighted by Crippen LogP contribution is 2.32. The van der Waals surface area contributed by atoms with Crippen molar-refractivity contribution in [3.63, 3.8) is 0 Å². The van der Waals surface area contributed by atoms with E-state index < -0.39 is 6.03 Å². The SMILES string of the molecule is COc1ccc(NC(=O)Nc2ccc(N3CCN(c4ccccc4OC)CC3)c(C(=O)NC(C)c3ccccc3)c2)c(OC)c1. The smallest absolute Gasteiger partial charge is 0.323 e. The first-order valence-electron chi connectivity index (χ1n) is 14.8. The molecule has 4 aromatic carbocycles. The van der Waals surface area contributed by atoms with Gasteiger partial charge < -0.3 is 40.0 Å². The lowest BCUT2D eigenvalue weighted by Gasteiger charge is -2.38. The zero-order valence-corrected chi connectivity index (χ0v) is 26.0. The summed E-state index contributed by atoms with van der Waals surface area (Å²) in [6.45, 7) is 4.88. The average Bonchev–Trinajstić information content (AvgIpc) is 3.08. The topological polar surface area (TPSA) is 104 Å². The number of hydrogen-bond acceptors (Lipinski definition) is 7. The molecule has 0 aromatic heterocycles. The second kappa shape index (κ2) is 14.4. The number of nitrogens with one attached hydrogen (secondary N) is 3. The maximum Gasteiger partial charge on any atom is 0.323 e. The number of hydrogen-bond donors (Lipinski definition) is 3. The van der Waals surface area contributed by atoms with Gasteiger partial charge in [0.15, 0.2) is 0 Å². The third kappa shape index (κ3) is 7.41. The Labute approximate surface area is 263 Å². The van der Waals surface area contributed by atoms with Gasteiger partial charge in [0.05, 0.1) is 44.3 Å². The second-order valence-corrected chi connectivity index (χ2v) is 10.6. The summed E-state index contributed by atoms with van der Waals surface area (Å²) in [5.41, 5.74) is 4.29. The maximum atomic E-state index is 13.8. The number of para-hydroxylation sites is 2. The molecule has 1 aliphatic rings. The molecular weight excluding hydrogens is 570 g/mol. The molecular formula is C35H39N5O5. The summed E-state index contributed by atoms with van der Waals surface area (Å²) in [6, 6.07) is 27.7. The van der Waals surface area contributed by atoms with Crippen LogP contribution >= 0.6 is 0 Å². The minimum absolute atomic E-state index is 0.212. The first kappa shape index (κ1) is 31.1. The molecule has 0 saturated carbocycles. The van der Waals surface area contributed by atoms with Gasteiger partial charge in [-0.1, -0.05) is 42.5 Å². The highest BCUT2D eigenvalue weighted by atomic mass is 16.5. The number of benzene rings is 4. The van der Waals surface area contributed by atoms with E-state index in [1.807, 2.05) is 67.6 Å². The van der Waals surface area contributed by atoms with E-state index >= 15 is 0 Å². The standard InChI is InChI=1S/C35H39N5O5/c1-24(25-10-6-5-7-11-25)36-34(41)28-22-26(37-35(42)38-29-16-15-27(43-2)23-33(29)45-4)14-17-30(28)39-18-20-40(21-19-39)31-12-8-9-13-32(31)44-3/h5-17,22-24H,18-21H2,1-4H3,(H,36,41)(H2,37,38,42). The lowest BCUT2D eigenvalue weighted by Crippen LogP contribution is -2.47. The predicted octanol–water partition coefficient (Wildman–Crippen LogP) is 6.17. The van der Waals surface area contributed by atoms with Gasteiger partial charge in [0, 0.05) is 43.6 Å². The number of methoxy groups -OCH3 is 3. The van der Waals surface area contributed by atoms with Gasteiger partial charge in [0.1, 0.15) is 17.2 Å². The summed E-state index contributed by atoms with van der Waals surface area (Å²) in [5.74, 6) is 1.68. The van der Waals surface area contributed by atoms with E-state index in [0.29, 0.717) is 41.5 Å². The summed E-state index contributed by atoms with van der Waals surface area (Å²) in [6.07, 6.45) is 0. The van der Waals surface area contributed by atoms with Gasteiger partial charge in [-0.25, -0.2) is 4.79 Å². The molecule has 1 saturated heterocycles. The minimum atomic E-state index is -0.472. The number of urea groups is 1. The highest BCUT2D eigenvalue weighted by Gasteiger charge is 2.25. The summed E-state index contributed by atoms with van der Waals surface area (Å²) in [4.78, 5) is 31.3. The molecule has 0 spiro atoms. The fraction of sp³-hybridized carbons (Fsp3) is 0.257.